The van der Waals surface area contributed by atoms with Gasteiger partial charge in [0, 0.05) is 11.6 Å². The zero-order chi connectivity index (χ0) is 17.3. The third-order valence-corrected chi connectivity index (χ3v) is 5.94. The number of nitrogens with one attached hydrogen (secondary N) is 1. The van der Waals surface area contributed by atoms with Crippen LogP contribution in [-0.2, 0) is 22.3 Å². The molecular formula is C16H15ClN2O3S2. The molecule has 0 aliphatic heterocycles. The van der Waals surface area contributed by atoms with E-state index in [0.717, 1.165) is 21.6 Å². The summed E-state index contributed by atoms with van der Waals surface area (Å²) >= 11 is 6.99. The number of halogens is 1. The molecule has 0 bridgehead atoms. The standard InChI is InChI=1S/C16H15ClN2O3S2/c1-2-19-14-7-6-13(9-15(14)23-16(19)20)18-24(21,22)10-11-4-3-5-12(17)8-11/h3-9,18H,2,10H2,1H3. The number of hydrogen-bond donors (Lipinski definition) is 1. The lowest BCUT2D eigenvalue weighted by atomic mass is 10.2. The van der Waals surface area contributed by atoms with Gasteiger partial charge in [0.2, 0.25) is 10.0 Å². The van der Waals surface area contributed by atoms with E-state index in [0.29, 0.717) is 22.8 Å². The molecule has 3 rings (SSSR count). The molecule has 2 aromatic carbocycles. The lowest BCUT2D eigenvalue weighted by Gasteiger charge is -2.09. The van der Waals surface area contributed by atoms with Crippen molar-refractivity contribution in [3.63, 3.8) is 0 Å². The van der Waals surface area contributed by atoms with Gasteiger partial charge in [0.25, 0.3) is 0 Å². The lowest BCUT2D eigenvalue weighted by molar-refractivity contribution is 0.600. The van der Waals surface area contributed by atoms with Crippen molar-refractivity contribution >= 4 is 48.9 Å². The molecule has 0 fully saturated rings. The van der Waals surface area contributed by atoms with Crippen LogP contribution in [0.1, 0.15) is 12.5 Å². The summed E-state index contributed by atoms with van der Waals surface area (Å²) in [5, 5.41) is 0.495. The van der Waals surface area contributed by atoms with Gasteiger partial charge >= 0.3 is 4.87 Å². The Bertz CT molecular complexity index is 1050. The lowest BCUT2D eigenvalue weighted by Crippen LogP contribution is -2.15. The summed E-state index contributed by atoms with van der Waals surface area (Å²) in [5.74, 6) is -0.169. The van der Waals surface area contributed by atoms with Crippen molar-refractivity contribution in [2.24, 2.45) is 0 Å². The monoisotopic (exact) mass is 382 g/mol. The number of nitrogens with zero attached hydrogens (tertiary/aromatic N) is 1. The molecule has 8 heteroatoms. The Labute approximate surface area is 148 Å². The van der Waals surface area contributed by atoms with E-state index in [1.807, 2.05) is 6.92 Å². The molecule has 3 aromatic rings. The Morgan fingerprint density at radius 1 is 1.21 bits per heavy atom. The molecule has 0 unspecified atom stereocenters. The molecule has 5 nitrogen and oxygen atoms in total. The van der Waals surface area contributed by atoms with Crippen LogP contribution in [0.15, 0.2) is 47.3 Å². The normalized spacial score (nSPS) is 11.8. The second-order valence-electron chi connectivity index (χ2n) is 5.29. The van der Waals surface area contributed by atoms with Gasteiger partial charge in [-0.2, -0.15) is 0 Å². The smallest absolute Gasteiger partial charge is 0.299 e. The summed E-state index contributed by atoms with van der Waals surface area (Å²) < 4.78 is 29.6. The highest BCUT2D eigenvalue weighted by Crippen LogP contribution is 2.23. The number of aromatic nitrogens is 1. The largest absolute Gasteiger partial charge is 0.308 e. The maximum absolute atomic E-state index is 12.3. The zero-order valence-corrected chi connectivity index (χ0v) is 15.2. The first-order valence-electron chi connectivity index (χ1n) is 7.26. The molecule has 126 valence electrons. The molecule has 0 saturated carbocycles. The predicted molar refractivity (Wildman–Crippen MR) is 99.5 cm³/mol. The number of thiazole rings is 1. The number of anilines is 1. The van der Waals surface area contributed by atoms with Crippen molar-refractivity contribution in [1.82, 2.24) is 4.57 Å². The molecule has 0 aliphatic rings. The van der Waals surface area contributed by atoms with Crippen LogP contribution in [0.2, 0.25) is 5.02 Å². The third-order valence-electron chi connectivity index (χ3n) is 3.50. The van der Waals surface area contributed by atoms with Crippen LogP contribution in [0.3, 0.4) is 0 Å². The number of hydrogen-bond acceptors (Lipinski definition) is 4. The summed E-state index contributed by atoms with van der Waals surface area (Å²) in [6, 6.07) is 11.8. The Morgan fingerprint density at radius 2 is 2.00 bits per heavy atom. The van der Waals surface area contributed by atoms with Gasteiger partial charge in [-0.25, -0.2) is 8.42 Å². The highest BCUT2D eigenvalue weighted by Gasteiger charge is 2.14. The fraction of sp³-hybridized carbons (Fsp3) is 0.188. The number of sulfonamides is 1. The van der Waals surface area contributed by atoms with E-state index < -0.39 is 10.0 Å². The van der Waals surface area contributed by atoms with Crippen LogP contribution in [-0.4, -0.2) is 13.0 Å². The summed E-state index contributed by atoms with van der Waals surface area (Å²) in [4.78, 5) is 11.8. The second kappa shape index (κ2) is 6.58. The molecule has 1 aromatic heterocycles. The van der Waals surface area contributed by atoms with E-state index >= 15 is 0 Å². The maximum atomic E-state index is 12.3. The summed E-state index contributed by atoms with van der Waals surface area (Å²) in [6.45, 7) is 2.48. The fourth-order valence-electron chi connectivity index (χ4n) is 2.49. The van der Waals surface area contributed by atoms with Crippen LogP contribution < -0.4 is 9.60 Å². The van der Waals surface area contributed by atoms with Crippen molar-refractivity contribution in [2.75, 3.05) is 4.72 Å². The molecular weight excluding hydrogens is 368 g/mol. The third kappa shape index (κ3) is 3.63. The van der Waals surface area contributed by atoms with E-state index in [9.17, 15) is 13.2 Å². The Kier molecular flexibility index (Phi) is 4.67. The van der Waals surface area contributed by atoms with Gasteiger partial charge in [-0.15, -0.1) is 0 Å². The van der Waals surface area contributed by atoms with Crippen LogP contribution in [0.5, 0.6) is 0 Å². The van der Waals surface area contributed by atoms with Crippen molar-refractivity contribution in [3.8, 4) is 0 Å². The van der Waals surface area contributed by atoms with Gasteiger partial charge in [0.1, 0.15) is 0 Å². The van der Waals surface area contributed by atoms with Crippen LogP contribution in [0.4, 0.5) is 5.69 Å². The minimum Gasteiger partial charge on any atom is -0.299 e. The highest BCUT2D eigenvalue weighted by molar-refractivity contribution is 7.91. The molecule has 0 radical (unpaired) electrons. The zero-order valence-electron chi connectivity index (χ0n) is 12.8. The van der Waals surface area contributed by atoms with Crippen LogP contribution in [0, 0.1) is 0 Å². The maximum Gasteiger partial charge on any atom is 0.308 e. The van der Waals surface area contributed by atoms with Crippen molar-refractivity contribution < 1.29 is 8.42 Å². The molecule has 0 saturated heterocycles. The molecule has 0 spiro atoms. The van der Waals surface area contributed by atoms with Crippen molar-refractivity contribution in [1.29, 1.82) is 0 Å². The quantitative estimate of drug-likeness (QED) is 0.731. The second-order valence-corrected chi connectivity index (χ2v) is 8.44. The van der Waals surface area contributed by atoms with Gasteiger partial charge in [0.05, 0.1) is 21.7 Å². The predicted octanol–water partition coefficient (Wildman–Crippen LogP) is 3.68. The van der Waals surface area contributed by atoms with Crippen LogP contribution >= 0.6 is 22.9 Å². The fourth-order valence-corrected chi connectivity index (χ4v) is 4.88. The molecule has 0 aliphatic carbocycles. The summed E-state index contributed by atoms with van der Waals surface area (Å²) in [6.07, 6.45) is 0. The van der Waals surface area contributed by atoms with E-state index in [-0.39, 0.29) is 10.6 Å². The number of fused-ring (bicyclic) bond motifs is 1. The van der Waals surface area contributed by atoms with E-state index in [1.54, 1.807) is 47.0 Å². The van der Waals surface area contributed by atoms with Gasteiger partial charge in [0.15, 0.2) is 0 Å². The summed E-state index contributed by atoms with van der Waals surface area (Å²) in [7, 11) is -3.57. The number of benzene rings is 2. The van der Waals surface area contributed by atoms with Gasteiger partial charge in [-0.1, -0.05) is 35.1 Å². The van der Waals surface area contributed by atoms with Crippen LogP contribution in [0.25, 0.3) is 10.2 Å². The molecule has 1 heterocycles. The average molecular weight is 383 g/mol. The SMILES string of the molecule is CCn1c(=O)sc2cc(NS(=O)(=O)Cc3cccc(Cl)c3)ccc21. The van der Waals surface area contributed by atoms with Crippen molar-refractivity contribution in [2.45, 2.75) is 19.2 Å². The Balaban J connectivity index is 1.87. The average Bonchev–Trinajstić information content (AvgIpc) is 2.80. The highest BCUT2D eigenvalue weighted by atomic mass is 35.5. The number of rotatable bonds is 5. The first-order valence-corrected chi connectivity index (χ1v) is 10.1. The molecule has 1 N–H and O–H groups in total. The van der Waals surface area contributed by atoms with Crippen molar-refractivity contribution in [3.05, 3.63) is 62.7 Å². The van der Waals surface area contributed by atoms with Gasteiger partial charge in [-0.3, -0.25) is 14.1 Å². The number of aryl methyl sites for hydroxylation is 1. The first kappa shape index (κ1) is 17.0. The Morgan fingerprint density at radius 3 is 2.71 bits per heavy atom. The van der Waals surface area contributed by atoms with E-state index in [4.69, 9.17) is 11.6 Å². The summed E-state index contributed by atoms with van der Waals surface area (Å²) in [5.41, 5.74) is 1.86. The van der Waals surface area contributed by atoms with E-state index in [2.05, 4.69) is 4.72 Å². The topological polar surface area (TPSA) is 68.2 Å². The van der Waals surface area contributed by atoms with Gasteiger partial charge in [-0.05, 0) is 42.8 Å². The first-order chi connectivity index (χ1) is 11.4. The van der Waals surface area contributed by atoms with E-state index in [1.165, 1.54) is 0 Å². The minimum absolute atomic E-state index is 0.0496. The molecule has 24 heavy (non-hydrogen) atoms. The van der Waals surface area contributed by atoms with Gasteiger partial charge < -0.3 is 0 Å². The molecule has 0 amide bonds. The Hall–Kier alpha value is -1.83. The molecule has 0 atom stereocenters. The minimum atomic E-state index is -3.57.